The molecule has 23 heavy (non-hydrogen) atoms. The first-order valence-electron chi connectivity index (χ1n) is 6.75. The van der Waals surface area contributed by atoms with E-state index in [0.717, 1.165) is 4.90 Å². The smallest absolute Gasteiger partial charge is 0.259 e. The second-order valence-corrected chi connectivity index (χ2v) is 6.10. The lowest BCUT2D eigenvalue weighted by molar-refractivity contribution is 0.102. The van der Waals surface area contributed by atoms with E-state index in [0.29, 0.717) is 27.2 Å². The number of nitrogens with zero attached hydrogens (tertiary/aromatic N) is 2. The summed E-state index contributed by atoms with van der Waals surface area (Å²) >= 11 is 7.50. The lowest BCUT2D eigenvalue weighted by Gasteiger charge is -2.08. The number of nitrogens with one attached hydrogen (secondary N) is 1. The van der Waals surface area contributed by atoms with Gasteiger partial charge in [-0.3, -0.25) is 4.79 Å². The van der Waals surface area contributed by atoms with Gasteiger partial charge in [0.15, 0.2) is 5.82 Å². The minimum Gasteiger partial charge on any atom is -0.360 e. The Morgan fingerprint density at radius 1 is 1.26 bits per heavy atom. The highest BCUT2D eigenvalue weighted by atomic mass is 35.5. The zero-order valence-corrected chi connectivity index (χ0v) is 13.7. The predicted molar refractivity (Wildman–Crippen MR) is 89.0 cm³/mol. The fraction of sp³-hybridized carbons (Fsp3) is 0.0625. The molecule has 0 saturated heterocycles. The lowest BCUT2D eigenvalue weighted by Crippen LogP contribution is -2.13. The molecule has 7 heteroatoms. The van der Waals surface area contributed by atoms with Crippen LogP contribution in [0, 0.1) is 6.92 Å². The van der Waals surface area contributed by atoms with Crippen LogP contribution in [0.4, 0.5) is 5.82 Å². The quantitative estimate of drug-likeness (QED) is 0.757. The minimum absolute atomic E-state index is 0.305. The van der Waals surface area contributed by atoms with Crippen LogP contribution in [0.1, 0.15) is 16.1 Å². The lowest BCUT2D eigenvalue weighted by atomic mass is 10.2. The number of benzene rings is 1. The maximum Gasteiger partial charge on any atom is 0.259 e. The van der Waals surface area contributed by atoms with Crippen LogP contribution in [-0.2, 0) is 0 Å². The number of hydrogen-bond acceptors (Lipinski definition) is 5. The van der Waals surface area contributed by atoms with Crippen molar-refractivity contribution >= 4 is 35.1 Å². The van der Waals surface area contributed by atoms with Gasteiger partial charge < -0.3 is 9.84 Å². The summed E-state index contributed by atoms with van der Waals surface area (Å²) in [6, 6.07) is 12.5. The summed E-state index contributed by atoms with van der Waals surface area (Å²) in [6.07, 6.45) is 1.64. The van der Waals surface area contributed by atoms with E-state index < -0.39 is 0 Å². The van der Waals surface area contributed by atoms with E-state index in [1.807, 2.05) is 18.2 Å². The molecule has 0 aliphatic carbocycles. The molecule has 5 nitrogen and oxygen atoms in total. The van der Waals surface area contributed by atoms with E-state index in [1.165, 1.54) is 11.8 Å². The minimum atomic E-state index is -0.305. The van der Waals surface area contributed by atoms with Crippen LogP contribution in [0.25, 0.3) is 0 Å². The third-order valence-electron chi connectivity index (χ3n) is 2.93. The molecule has 1 N–H and O–H groups in total. The topological polar surface area (TPSA) is 68.0 Å². The standard InChI is InChI=1S/C16H12ClN3O2S/c1-10-9-14(20-22-10)19-15(21)11-5-4-8-18-16(11)23-13-7-3-2-6-12(13)17/h2-9H,1H3,(H,19,20,21). The summed E-state index contributed by atoms with van der Waals surface area (Å²) in [5.74, 6) is 0.683. The van der Waals surface area contributed by atoms with Gasteiger partial charge in [0.1, 0.15) is 10.8 Å². The summed E-state index contributed by atoms with van der Waals surface area (Å²) in [7, 11) is 0. The first-order chi connectivity index (χ1) is 11.1. The Kier molecular flexibility index (Phi) is 4.64. The van der Waals surface area contributed by atoms with Crippen LogP contribution in [0.2, 0.25) is 5.02 Å². The van der Waals surface area contributed by atoms with E-state index in [4.69, 9.17) is 16.1 Å². The molecule has 0 aliphatic heterocycles. The monoisotopic (exact) mass is 345 g/mol. The molecule has 0 unspecified atom stereocenters. The number of halogens is 1. The van der Waals surface area contributed by atoms with Crippen molar-refractivity contribution in [2.24, 2.45) is 0 Å². The maximum absolute atomic E-state index is 12.4. The number of hydrogen-bond donors (Lipinski definition) is 1. The van der Waals surface area contributed by atoms with Crippen molar-refractivity contribution in [2.45, 2.75) is 16.8 Å². The van der Waals surface area contributed by atoms with Gasteiger partial charge in [-0.05, 0) is 31.2 Å². The molecule has 2 aromatic heterocycles. The Balaban J connectivity index is 1.85. The SMILES string of the molecule is Cc1cc(NC(=O)c2cccnc2Sc2ccccc2Cl)no1. The highest BCUT2D eigenvalue weighted by molar-refractivity contribution is 7.99. The van der Waals surface area contributed by atoms with Crippen molar-refractivity contribution in [1.82, 2.24) is 10.1 Å². The van der Waals surface area contributed by atoms with Gasteiger partial charge in [-0.2, -0.15) is 0 Å². The Morgan fingerprint density at radius 3 is 2.83 bits per heavy atom. The van der Waals surface area contributed by atoms with Crippen molar-refractivity contribution in [1.29, 1.82) is 0 Å². The molecular formula is C16H12ClN3O2S. The number of carbonyl (C=O) groups is 1. The van der Waals surface area contributed by atoms with Crippen LogP contribution in [0.15, 0.2) is 63.1 Å². The van der Waals surface area contributed by atoms with Gasteiger partial charge in [0.2, 0.25) is 0 Å². The molecule has 3 rings (SSSR count). The molecular weight excluding hydrogens is 334 g/mol. The Morgan fingerprint density at radius 2 is 2.09 bits per heavy atom. The summed E-state index contributed by atoms with van der Waals surface area (Å²) < 4.78 is 4.94. The fourth-order valence-electron chi connectivity index (χ4n) is 1.89. The van der Waals surface area contributed by atoms with Gasteiger partial charge in [-0.15, -0.1) is 0 Å². The van der Waals surface area contributed by atoms with Gasteiger partial charge in [-0.25, -0.2) is 4.98 Å². The zero-order valence-electron chi connectivity index (χ0n) is 12.1. The number of carbonyl (C=O) groups excluding carboxylic acids is 1. The largest absolute Gasteiger partial charge is 0.360 e. The van der Waals surface area contributed by atoms with E-state index in [1.54, 1.807) is 37.4 Å². The van der Waals surface area contributed by atoms with Gasteiger partial charge in [-0.1, -0.05) is 40.7 Å². The van der Waals surface area contributed by atoms with Crippen LogP contribution in [0.5, 0.6) is 0 Å². The van der Waals surface area contributed by atoms with Crippen molar-refractivity contribution in [3.05, 3.63) is 65.0 Å². The van der Waals surface area contributed by atoms with Gasteiger partial charge in [0.25, 0.3) is 5.91 Å². The predicted octanol–water partition coefficient (Wildman–Crippen LogP) is 4.43. The van der Waals surface area contributed by atoms with E-state index in [2.05, 4.69) is 15.5 Å². The summed E-state index contributed by atoms with van der Waals surface area (Å²) in [5, 5.41) is 7.62. The molecule has 2 heterocycles. The Bertz CT molecular complexity index is 851. The average Bonchev–Trinajstić information content (AvgIpc) is 2.95. The molecule has 0 atom stereocenters. The Labute approximate surface area is 142 Å². The van der Waals surface area contributed by atoms with Crippen LogP contribution in [0.3, 0.4) is 0 Å². The average molecular weight is 346 g/mol. The third-order valence-corrected chi connectivity index (χ3v) is 4.46. The van der Waals surface area contributed by atoms with Crippen molar-refractivity contribution in [3.8, 4) is 0 Å². The summed E-state index contributed by atoms with van der Waals surface area (Å²) in [4.78, 5) is 17.6. The van der Waals surface area contributed by atoms with Crippen LogP contribution < -0.4 is 5.32 Å². The van der Waals surface area contributed by atoms with Crippen molar-refractivity contribution in [2.75, 3.05) is 5.32 Å². The maximum atomic E-state index is 12.4. The second-order valence-electron chi connectivity index (χ2n) is 4.67. The van der Waals surface area contributed by atoms with E-state index in [9.17, 15) is 4.79 Å². The molecule has 0 radical (unpaired) electrons. The molecule has 3 aromatic rings. The highest BCUT2D eigenvalue weighted by Crippen LogP contribution is 2.33. The number of rotatable bonds is 4. The normalized spacial score (nSPS) is 10.5. The molecule has 0 fully saturated rings. The third kappa shape index (κ3) is 3.72. The zero-order chi connectivity index (χ0) is 16.2. The fourth-order valence-corrected chi connectivity index (χ4v) is 3.04. The second kappa shape index (κ2) is 6.85. The Hall–Kier alpha value is -2.31. The van der Waals surface area contributed by atoms with Gasteiger partial charge >= 0.3 is 0 Å². The molecule has 0 spiro atoms. The highest BCUT2D eigenvalue weighted by Gasteiger charge is 2.16. The van der Waals surface area contributed by atoms with E-state index >= 15 is 0 Å². The molecule has 1 amide bonds. The van der Waals surface area contributed by atoms with Gasteiger partial charge in [0, 0.05) is 17.2 Å². The number of aryl methyl sites for hydroxylation is 1. The van der Waals surface area contributed by atoms with Crippen molar-refractivity contribution < 1.29 is 9.32 Å². The van der Waals surface area contributed by atoms with Crippen LogP contribution in [-0.4, -0.2) is 16.0 Å². The first kappa shape index (κ1) is 15.6. The summed E-state index contributed by atoms with van der Waals surface area (Å²) in [5.41, 5.74) is 0.443. The molecule has 0 saturated carbocycles. The molecule has 0 bridgehead atoms. The first-order valence-corrected chi connectivity index (χ1v) is 7.95. The molecule has 1 aromatic carbocycles. The number of aromatic nitrogens is 2. The number of amides is 1. The van der Waals surface area contributed by atoms with Crippen molar-refractivity contribution in [3.63, 3.8) is 0 Å². The number of anilines is 1. The van der Waals surface area contributed by atoms with Crippen LogP contribution >= 0.6 is 23.4 Å². The molecule has 116 valence electrons. The van der Waals surface area contributed by atoms with Gasteiger partial charge in [0.05, 0.1) is 10.6 Å². The summed E-state index contributed by atoms with van der Waals surface area (Å²) in [6.45, 7) is 1.76. The number of pyridine rings is 1. The van der Waals surface area contributed by atoms with E-state index in [-0.39, 0.29) is 5.91 Å². The molecule has 0 aliphatic rings.